The number of rotatable bonds is 14. The molecule has 1 aliphatic heterocycles. The second-order valence-corrected chi connectivity index (χ2v) is 18.3. The van der Waals surface area contributed by atoms with E-state index in [1.165, 1.54) is 32.0 Å². The Bertz CT molecular complexity index is 1620. The number of aliphatic hydroxyl groups is 1. The first-order valence-electron chi connectivity index (χ1n) is 17.8. The molecule has 0 bridgehead atoms. The summed E-state index contributed by atoms with van der Waals surface area (Å²) >= 11 is 0. The van der Waals surface area contributed by atoms with E-state index >= 15 is 0 Å². The zero-order chi connectivity index (χ0) is 37.6. The summed E-state index contributed by atoms with van der Waals surface area (Å²) in [6, 6.07) is 11.5. The van der Waals surface area contributed by atoms with Crippen LogP contribution >= 0.6 is 0 Å². The number of sulfone groups is 1. The topological polar surface area (TPSA) is 154 Å². The molecule has 0 spiro atoms. The van der Waals surface area contributed by atoms with Crippen molar-refractivity contribution in [2.45, 2.75) is 108 Å². The highest BCUT2D eigenvalue weighted by atomic mass is 32.2. The van der Waals surface area contributed by atoms with Gasteiger partial charge in [-0.25, -0.2) is 12.8 Å². The summed E-state index contributed by atoms with van der Waals surface area (Å²) in [5.74, 6) is -1.34. The van der Waals surface area contributed by atoms with Crippen LogP contribution in [0.2, 0.25) is 0 Å². The minimum absolute atomic E-state index is 0.0892. The van der Waals surface area contributed by atoms with Crippen molar-refractivity contribution < 1.29 is 37.0 Å². The second-order valence-electron chi connectivity index (χ2n) is 15.7. The molecular formula is C38H55FN4O7S. The summed E-state index contributed by atoms with van der Waals surface area (Å²) in [5.41, 5.74) is 0.379. The predicted octanol–water partition coefficient (Wildman–Crippen LogP) is 3.40. The molecule has 282 valence electrons. The molecule has 4 rings (SSSR count). The van der Waals surface area contributed by atoms with E-state index in [9.17, 15) is 32.3 Å². The normalized spacial score (nSPS) is 21.8. The van der Waals surface area contributed by atoms with Gasteiger partial charge < -0.3 is 25.8 Å². The van der Waals surface area contributed by atoms with Crippen LogP contribution < -0.4 is 20.7 Å². The van der Waals surface area contributed by atoms with Gasteiger partial charge in [-0.3, -0.25) is 19.3 Å². The van der Waals surface area contributed by atoms with Crippen LogP contribution in [0.5, 0.6) is 5.75 Å². The number of β-amino-alcohol motifs (C(OH)–C–C–N with tert-alkyl or cyclic N) is 1. The number of likely N-dealkylation sites (tertiary alicyclic amines) is 1. The number of ether oxygens (including phenoxy) is 1. The molecule has 2 aliphatic rings. The molecule has 1 saturated carbocycles. The Labute approximate surface area is 302 Å². The Morgan fingerprint density at radius 1 is 0.980 bits per heavy atom. The van der Waals surface area contributed by atoms with E-state index in [0.29, 0.717) is 24.8 Å². The molecule has 2 fully saturated rings. The number of nitrogens with one attached hydrogen (secondary N) is 3. The molecule has 0 radical (unpaired) electrons. The van der Waals surface area contributed by atoms with Gasteiger partial charge in [-0.05, 0) is 83.4 Å². The first-order chi connectivity index (χ1) is 23.8. The summed E-state index contributed by atoms with van der Waals surface area (Å²) in [5, 5.41) is 20.4. The van der Waals surface area contributed by atoms with E-state index in [4.69, 9.17) is 4.74 Å². The third-order valence-electron chi connectivity index (χ3n) is 10.2. The third-order valence-corrected chi connectivity index (χ3v) is 12.3. The molecule has 4 N–H and O–H groups in total. The van der Waals surface area contributed by atoms with Crippen molar-refractivity contribution in [3.8, 4) is 5.75 Å². The van der Waals surface area contributed by atoms with Crippen LogP contribution in [-0.2, 0) is 30.6 Å². The summed E-state index contributed by atoms with van der Waals surface area (Å²) in [4.78, 5) is 42.9. The van der Waals surface area contributed by atoms with Crippen LogP contribution in [0, 0.1) is 17.7 Å². The highest BCUT2D eigenvalue weighted by Gasteiger charge is 2.46. The maximum atomic E-state index is 14.1. The molecule has 2 aromatic rings. The number of aliphatic hydroxyl groups excluding tert-OH is 1. The van der Waals surface area contributed by atoms with Crippen molar-refractivity contribution in [3.63, 3.8) is 0 Å². The SMILES string of the molecule is CC(C)(C)NC(=O)C1C[C@@H]2CCCC[C@@H]2CN1CC(O)C(Cc1ccccc1)NC(=O)[C@@H](NC(=O)COc1cccc(F)c1)C(C)(C)S(C)(=O)=O. The average Bonchev–Trinajstić information content (AvgIpc) is 3.04. The van der Waals surface area contributed by atoms with Gasteiger partial charge in [-0.2, -0.15) is 0 Å². The maximum Gasteiger partial charge on any atom is 0.258 e. The number of amides is 3. The second kappa shape index (κ2) is 16.9. The smallest absolute Gasteiger partial charge is 0.258 e. The minimum Gasteiger partial charge on any atom is -0.484 e. The van der Waals surface area contributed by atoms with E-state index in [1.54, 1.807) is 0 Å². The first kappa shape index (κ1) is 40.2. The monoisotopic (exact) mass is 730 g/mol. The van der Waals surface area contributed by atoms with Crippen molar-refractivity contribution in [3.05, 3.63) is 66.0 Å². The van der Waals surface area contributed by atoms with Crippen molar-refractivity contribution in [1.29, 1.82) is 0 Å². The van der Waals surface area contributed by atoms with E-state index in [-0.39, 0.29) is 24.6 Å². The molecule has 11 nitrogen and oxygen atoms in total. The summed E-state index contributed by atoms with van der Waals surface area (Å²) in [6.07, 6.45) is 5.10. The molecule has 1 heterocycles. The average molecular weight is 731 g/mol. The van der Waals surface area contributed by atoms with Crippen LogP contribution in [0.3, 0.4) is 0 Å². The Balaban J connectivity index is 1.58. The molecule has 51 heavy (non-hydrogen) atoms. The molecule has 6 atom stereocenters. The molecule has 0 aromatic heterocycles. The number of carbonyl (C=O) groups is 3. The third kappa shape index (κ3) is 11.2. The number of nitrogens with zero attached hydrogens (tertiary/aromatic N) is 1. The molecule has 1 aliphatic carbocycles. The van der Waals surface area contributed by atoms with Crippen LogP contribution in [0.25, 0.3) is 0 Å². The Hall–Kier alpha value is -3.55. The van der Waals surface area contributed by atoms with Crippen LogP contribution in [0.1, 0.15) is 72.3 Å². The number of hydrogen-bond acceptors (Lipinski definition) is 8. The quantitative estimate of drug-likeness (QED) is 0.231. The molecule has 13 heteroatoms. The molecule has 1 saturated heterocycles. The standard InChI is InChI=1S/C38H55FN4O7S/c1-37(2,3)42-35(46)31-20-26-15-10-11-16-27(26)22-43(31)23-32(44)30(19-25-13-8-7-9-14-25)40-36(47)34(38(4,5)51(6,48)49)41-33(45)24-50-29-18-12-17-28(39)21-29/h7-9,12-14,17-18,21,26-27,30-32,34,44H,10-11,15-16,19-20,22-24H2,1-6H3,(H,40,47)(H,41,45)(H,42,46)/t26-,27+,30?,31?,32?,34+/m0/s1. The van der Waals surface area contributed by atoms with Gasteiger partial charge in [0.1, 0.15) is 17.6 Å². The first-order valence-corrected chi connectivity index (χ1v) is 19.7. The van der Waals surface area contributed by atoms with Gasteiger partial charge in [0.05, 0.1) is 22.9 Å². The fourth-order valence-electron chi connectivity index (χ4n) is 7.09. The van der Waals surface area contributed by atoms with Crippen molar-refractivity contribution in [1.82, 2.24) is 20.9 Å². The van der Waals surface area contributed by atoms with E-state index in [1.807, 2.05) is 56.0 Å². The predicted molar refractivity (Wildman–Crippen MR) is 194 cm³/mol. The van der Waals surface area contributed by atoms with Crippen molar-refractivity contribution in [2.24, 2.45) is 11.8 Å². The van der Waals surface area contributed by atoms with Gasteiger partial charge in [-0.1, -0.05) is 55.7 Å². The van der Waals surface area contributed by atoms with Gasteiger partial charge >= 0.3 is 0 Å². The van der Waals surface area contributed by atoms with E-state index in [0.717, 1.165) is 43.6 Å². The number of fused-ring (bicyclic) bond motifs is 1. The van der Waals surface area contributed by atoms with Gasteiger partial charge in [-0.15, -0.1) is 0 Å². The van der Waals surface area contributed by atoms with Crippen molar-refractivity contribution in [2.75, 3.05) is 26.0 Å². The van der Waals surface area contributed by atoms with E-state index < -0.39 is 68.6 Å². The lowest BCUT2D eigenvalue weighted by Crippen LogP contribution is -2.64. The lowest BCUT2D eigenvalue weighted by Gasteiger charge is -2.47. The largest absolute Gasteiger partial charge is 0.484 e. The lowest BCUT2D eigenvalue weighted by atomic mass is 9.72. The molecule has 3 unspecified atom stereocenters. The number of carbonyl (C=O) groups excluding carboxylic acids is 3. The fraction of sp³-hybridized carbons (Fsp3) is 0.605. The summed E-state index contributed by atoms with van der Waals surface area (Å²) < 4.78 is 43.2. The lowest BCUT2D eigenvalue weighted by molar-refractivity contribution is -0.133. The van der Waals surface area contributed by atoms with Crippen LogP contribution in [-0.4, -0.2) is 96.6 Å². The zero-order valence-corrected chi connectivity index (χ0v) is 31.5. The zero-order valence-electron chi connectivity index (χ0n) is 30.7. The van der Waals surface area contributed by atoms with Gasteiger partial charge in [0.2, 0.25) is 11.8 Å². The Kier molecular flexibility index (Phi) is 13.3. The highest BCUT2D eigenvalue weighted by Crippen LogP contribution is 2.39. The fourth-order valence-corrected chi connectivity index (χ4v) is 7.68. The number of piperidine rings is 1. The minimum atomic E-state index is -3.93. The Morgan fingerprint density at radius 3 is 2.27 bits per heavy atom. The molecule has 2 aromatic carbocycles. The molecular weight excluding hydrogens is 676 g/mol. The summed E-state index contributed by atoms with van der Waals surface area (Å²) in [6.45, 7) is 8.62. The van der Waals surface area contributed by atoms with Gasteiger partial charge in [0.25, 0.3) is 5.91 Å². The number of hydrogen-bond donors (Lipinski definition) is 4. The summed E-state index contributed by atoms with van der Waals surface area (Å²) in [7, 11) is -3.93. The highest BCUT2D eigenvalue weighted by molar-refractivity contribution is 7.92. The maximum absolute atomic E-state index is 14.1. The number of halogens is 1. The van der Waals surface area contributed by atoms with Crippen LogP contribution in [0.15, 0.2) is 54.6 Å². The molecule has 3 amide bonds. The number of benzene rings is 2. The van der Waals surface area contributed by atoms with Crippen molar-refractivity contribution >= 4 is 27.6 Å². The van der Waals surface area contributed by atoms with Gasteiger partial charge in [0.15, 0.2) is 16.4 Å². The van der Waals surface area contributed by atoms with Gasteiger partial charge in [0, 0.05) is 31.0 Å². The Morgan fingerprint density at radius 2 is 1.65 bits per heavy atom. The van der Waals surface area contributed by atoms with Crippen LogP contribution in [0.4, 0.5) is 4.39 Å². The van der Waals surface area contributed by atoms with E-state index in [2.05, 4.69) is 16.0 Å².